The highest BCUT2D eigenvalue weighted by Gasteiger charge is 2.34. The molecule has 0 bridgehead atoms. The molecule has 0 fully saturated rings. The van der Waals surface area contributed by atoms with E-state index in [2.05, 4.69) is 0 Å². The van der Waals surface area contributed by atoms with E-state index in [9.17, 15) is 9.59 Å². The molecule has 1 aliphatic heterocycles. The van der Waals surface area contributed by atoms with E-state index in [0.29, 0.717) is 11.1 Å². The van der Waals surface area contributed by atoms with Gasteiger partial charge in [0.1, 0.15) is 11.6 Å². The molecule has 5 heteroatoms. The molecule has 0 atom stereocenters. The first-order chi connectivity index (χ1) is 7.93. The normalized spacial score (nSPS) is 18.8. The summed E-state index contributed by atoms with van der Waals surface area (Å²) in [6, 6.07) is 1.87. The molecule has 0 saturated carbocycles. The molecule has 0 aromatic carbocycles. The van der Waals surface area contributed by atoms with Crippen LogP contribution in [0.5, 0.6) is 0 Å². The Kier molecular flexibility index (Phi) is 3.69. The molecule has 0 radical (unpaired) electrons. The predicted octanol–water partition coefficient (Wildman–Crippen LogP) is 0.661. The maximum Gasteiger partial charge on any atom is 0.271 e. The summed E-state index contributed by atoms with van der Waals surface area (Å²) in [6.07, 6.45) is 1.63. The molecule has 5 nitrogen and oxygen atoms in total. The molecule has 0 N–H and O–H groups in total. The van der Waals surface area contributed by atoms with Crippen molar-refractivity contribution in [2.75, 3.05) is 20.6 Å². The van der Waals surface area contributed by atoms with Crippen molar-refractivity contribution in [1.82, 2.24) is 9.80 Å². The van der Waals surface area contributed by atoms with Crippen molar-refractivity contribution in [2.45, 2.75) is 13.8 Å². The lowest BCUT2D eigenvalue weighted by Gasteiger charge is -2.26. The van der Waals surface area contributed by atoms with E-state index >= 15 is 0 Å². The van der Waals surface area contributed by atoms with Crippen LogP contribution in [-0.4, -0.2) is 42.3 Å². The smallest absolute Gasteiger partial charge is 0.271 e. The average molecular weight is 233 g/mol. The summed E-state index contributed by atoms with van der Waals surface area (Å²) in [5.74, 6) is -0.851. The van der Waals surface area contributed by atoms with Crippen molar-refractivity contribution in [3.05, 3.63) is 22.9 Å². The first kappa shape index (κ1) is 13.0. The molecule has 0 aliphatic carbocycles. The molecule has 2 amide bonds. The van der Waals surface area contributed by atoms with Crippen LogP contribution in [0.2, 0.25) is 0 Å². The van der Waals surface area contributed by atoms with Crippen LogP contribution in [0.15, 0.2) is 22.9 Å². The van der Waals surface area contributed by atoms with Gasteiger partial charge in [0, 0.05) is 26.8 Å². The third kappa shape index (κ3) is 2.21. The number of nitriles is 1. The maximum absolute atomic E-state index is 12.0. The molecule has 0 aromatic heterocycles. The largest absolute Gasteiger partial charge is 0.383 e. The van der Waals surface area contributed by atoms with Crippen LogP contribution in [0.1, 0.15) is 13.8 Å². The van der Waals surface area contributed by atoms with Crippen LogP contribution in [-0.2, 0) is 9.59 Å². The van der Waals surface area contributed by atoms with Gasteiger partial charge in [-0.05, 0) is 19.4 Å². The fraction of sp³-hybridized carbons (Fsp3) is 0.417. The highest BCUT2D eigenvalue weighted by atomic mass is 16.2. The molecule has 0 spiro atoms. The van der Waals surface area contributed by atoms with E-state index in [4.69, 9.17) is 5.26 Å². The van der Waals surface area contributed by atoms with Crippen LogP contribution in [0.25, 0.3) is 0 Å². The molecule has 1 heterocycles. The fourth-order valence-electron chi connectivity index (χ4n) is 1.66. The number of carbonyl (C=O) groups is 2. The molecule has 1 rings (SSSR count). The van der Waals surface area contributed by atoms with Crippen molar-refractivity contribution in [2.24, 2.45) is 0 Å². The first-order valence-electron chi connectivity index (χ1n) is 5.29. The fourth-order valence-corrected chi connectivity index (χ4v) is 1.66. The molecular weight excluding hydrogens is 218 g/mol. The Labute approximate surface area is 101 Å². The minimum Gasteiger partial charge on any atom is -0.383 e. The minimum absolute atomic E-state index is 0.0413. The molecule has 0 aromatic rings. The van der Waals surface area contributed by atoms with Crippen LogP contribution in [0, 0.1) is 11.3 Å². The number of hydrogen-bond donors (Lipinski definition) is 0. The van der Waals surface area contributed by atoms with Crippen LogP contribution >= 0.6 is 0 Å². The van der Waals surface area contributed by atoms with E-state index < -0.39 is 5.91 Å². The van der Waals surface area contributed by atoms with Crippen molar-refractivity contribution < 1.29 is 9.59 Å². The van der Waals surface area contributed by atoms with Gasteiger partial charge < -0.3 is 4.90 Å². The monoisotopic (exact) mass is 233 g/mol. The van der Waals surface area contributed by atoms with Crippen molar-refractivity contribution in [3.8, 4) is 6.07 Å². The summed E-state index contributed by atoms with van der Waals surface area (Å²) >= 11 is 0. The summed E-state index contributed by atoms with van der Waals surface area (Å²) in [4.78, 5) is 26.7. The maximum atomic E-state index is 12.0. The molecule has 0 unspecified atom stereocenters. The van der Waals surface area contributed by atoms with Gasteiger partial charge in [0.05, 0.1) is 5.57 Å². The summed E-state index contributed by atoms with van der Waals surface area (Å²) in [6.45, 7) is 3.59. The summed E-state index contributed by atoms with van der Waals surface area (Å²) in [5, 5.41) is 8.98. The van der Waals surface area contributed by atoms with E-state index in [-0.39, 0.29) is 18.0 Å². The van der Waals surface area contributed by atoms with Crippen LogP contribution in [0.3, 0.4) is 0 Å². The highest BCUT2D eigenvalue weighted by molar-refractivity contribution is 6.17. The van der Waals surface area contributed by atoms with Crippen molar-refractivity contribution in [1.29, 1.82) is 5.26 Å². The number of rotatable bonds is 2. The molecule has 0 saturated heterocycles. The van der Waals surface area contributed by atoms with Gasteiger partial charge in [-0.25, -0.2) is 0 Å². The van der Waals surface area contributed by atoms with E-state index in [1.165, 1.54) is 0 Å². The summed E-state index contributed by atoms with van der Waals surface area (Å²) in [7, 11) is 3.57. The minimum atomic E-state index is -0.506. The number of carbonyl (C=O) groups excluding carboxylic acids is 2. The number of likely N-dealkylation sites (N-methyl/N-ethyl adjacent to an activating group) is 1. The molecule has 1 aliphatic rings. The van der Waals surface area contributed by atoms with E-state index in [0.717, 1.165) is 4.90 Å². The van der Waals surface area contributed by atoms with Gasteiger partial charge in [-0.1, -0.05) is 0 Å². The standard InChI is InChI=1S/C12H15N3O2/c1-5-15-11(16)9(6-13)8(2)10(12(15)17)7-14(3)4/h7H,5H2,1-4H3. The van der Waals surface area contributed by atoms with Gasteiger partial charge in [0.25, 0.3) is 11.8 Å². The van der Waals surface area contributed by atoms with Crippen molar-refractivity contribution in [3.63, 3.8) is 0 Å². The molecule has 17 heavy (non-hydrogen) atoms. The van der Waals surface area contributed by atoms with E-state index in [1.54, 1.807) is 39.0 Å². The van der Waals surface area contributed by atoms with Crippen molar-refractivity contribution >= 4 is 11.8 Å². The SMILES string of the molecule is CCN1C(=O)C(=CN(C)C)C(C)=C(C#N)C1=O. The number of amides is 2. The van der Waals surface area contributed by atoms with Gasteiger partial charge in [-0.3, -0.25) is 14.5 Å². The lowest BCUT2D eigenvalue weighted by molar-refractivity contribution is -0.140. The molecular formula is C12H15N3O2. The quantitative estimate of drug-likeness (QED) is 0.519. The second-order valence-corrected chi connectivity index (χ2v) is 3.97. The summed E-state index contributed by atoms with van der Waals surface area (Å²) in [5.41, 5.74) is 0.883. The Morgan fingerprint density at radius 3 is 2.35 bits per heavy atom. The zero-order valence-electron chi connectivity index (χ0n) is 10.4. The summed E-state index contributed by atoms with van der Waals surface area (Å²) < 4.78 is 0. The Morgan fingerprint density at radius 2 is 1.94 bits per heavy atom. The van der Waals surface area contributed by atoms with E-state index in [1.807, 2.05) is 6.07 Å². The predicted molar refractivity (Wildman–Crippen MR) is 62.5 cm³/mol. The third-order valence-electron chi connectivity index (χ3n) is 2.53. The topological polar surface area (TPSA) is 64.4 Å². The van der Waals surface area contributed by atoms with Gasteiger partial charge in [-0.2, -0.15) is 5.26 Å². The third-order valence-corrected chi connectivity index (χ3v) is 2.53. The van der Waals surface area contributed by atoms with Gasteiger partial charge in [0.2, 0.25) is 0 Å². The number of nitrogens with zero attached hydrogens (tertiary/aromatic N) is 3. The lowest BCUT2D eigenvalue weighted by atomic mass is 9.96. The van der Waals surface area contributed by atoms with Gasteiger partial charge >= 0.3 is 0 Å². The lowest BCUT2D eigenvalue weighted by Crippen LogP contribution is -2.42. The highest BCUT2D eigenvalue weighted by Crippen LogP contribution is 2.24. The Hall–Kier alpha value is -2.09. The number of hydrogen-bond acceptors (Lipinski definition) is 4. The Balaban J connectivity index is 3.42. The average Bonchev–Trinajstić information content (AvgIpc) is 2.25. The number of imide groups is 1. The zero-order valence-corrected chi connectivity index (χ0v) is 10.4. The van der Waals surface area contributed by atoms with Crippen LogP contribution in [0.4, 0.5) is 0 Å². The second kappa shape index (κ2) is 4.83. The first-order valence-corrected chi connectivity index (χ1v) is 5.29. The van der Waals surface area contributed by atoms with Gasteiger partial charge in [0.15, 0.2) is 0 Å². The van der Waals surface area contributed by atoms with Crippen LogP contribution < -0.4 is 0 Å². The molecule has 90 valence electrons. The Morgan fingerprint density at radius 1 is 1.35 bits per heavy atom. The second-order valence-electron chi connectivity index (χ2n) is 3.97. The van der Waals surface area contributed by atoms with Gasteiger partial charge in [-0.15, -0.1) is 0 Å². The zero-order chi connectivity index (χ0) is 13.2. The Bertz CT molecular complexity index is 467.